The van der Waals surface area contributed by atoms with E-state index in [-0.39, 0.29) is 11.9 Å². The SMILES string of the molecule is Cc1cnc(-n2ncc(C(=O)NC3CCCC3)c2C)nc1-c1cccs1. The molecule has 6 nitrogen and oxygen atoms in total. The van der Waals surface area contributed by atoms with Gasteiger partial charge in [0.15, 0.2) is 0 Å². The number of thiophene rings is 1. The lowest BCUT2D eigenvalue weighted by Crippen LogP contribution is -2.32. The number of rotatable bonds is 4. The van der Waals surface area contributed by atoms with Gasteiger partial charge < -0.3 is 5.32 Å². The summed E-state index contributed by atoms with van der Waals surface area (Å²) in [7, 11) is 0. The molecule has 0 aliphatic heterocycles. The van der Waals surface area contributed by atoms with Crippen LogP contribution in [0.4, 0.5) is 0 Å². The summed E-state index contributed by atoms with van der Waals surface area (Å²) >= 11 is 1.64. The van der Waals surface area contributed by atoms with Crippen LogP contribution in [-0.2, 0) is 0 Å². The maximum atomic E-state index is 12.6. The maximum Gasteiger partial charge on any atom is 0.254 e. The second kappa shape index (κ2) is 6.99. The Morgan fingerprint density at radius 1 is 1.27 bits per heavy atom. The lowest BCUT2D eigenvalue weighted by Gasteiger charge is -2.11. The second-order valence-electron chi connectivity index (χ2n) is 6.69. The Morgan fingerprint density at radius 2 is 2.08 bits per heavy atom. The Balaban J connectivity index is 1.64. The lowest BCUT2D eigenvalue weighted by atomic mass is 10.2. The number of carbonyl (C=O) groups excluding carboxylic acids is 1. The quantitative estimate of drug-likeness (QED) is 0.763. The van der Waals surface area contributed by atoms with E-state index in [2.05, 4.69) is 20.4 Å². The van der Waals surface area contributed by atoms with Crippen LogP contribution in [0.15, 0.2) is 29.9 Å². The number of carbonyl (C=O) groups is 1. The first kappa shape index (κ1) is 16.9. The largest absolute Gasteiger partial charge is 0.349 e. The van der Waals surface area contributed by atoms with Gasteiger partial charge in [0.25, 0.3) is 11.9 Å². The summed E-state index contributed by atoms with van der Waals surface area (Å²) < 4.78 is 1.64. The van der Waals surface area contributed by atoms with E-state index in [9.17, 15) is 4.79 Å². The van der Waals surface area contributed by atoms with E-state index in [1.807, 2.05) is 31.4 Å². The lowest BCUT2D eigenvalue weighted by molar-refractivity contribution is 0.0937. The molecule has 3 aromatic rings. The van der Waals surface area contributed by atoms with Gasteiger partial charge in [0.2, 0.25) is 0 Å². The Morgan fingerprint density at radius 3 is 2.81 bits per heavy atom. The van der Waals surface area contributed by atoms with E-state index >= 15 is 0 Å². The van der Waals surface area contributed by atoms with Crippen LogP contribution in [0, 0.1) is 13.8 Å². The Bertz CT molecular complexity index is 926. The highest BCUT2D eigenvalue weighted by Gasteiger charge is 2.22. The molecule has 7 heteroatoms. The zero-order valence-corrected chi connectivity index (χ0v) is 15.7. The zero-order valence-electron chi connectivity index (χ0n) is 14.9. The molecule has 0 bridgehead atoms. The number of aromatic nitrogens is 4. The first-order valence-corrected chi connectivity index (χ1v) is 9.75. The Hall–Kier alpha value is -2.54. The molecular weight excluding hydrogens is 346 g/mol. The molecule has 1 N–H and O–H groups in total. The molecule has 0 radical (unpaired) electrons. The summed E-state index contributed by atoms with van der Waals surface area (Å²) in [6, 6.07) is 4.33. The fourth-order valence-electron chi connectivity index (χ4n) is 3.36. The first-order valence-electron chi connectivity index (χ1n) is 8.87. The summed E-state index contributed by atoms with van der Waals surface area (Å²) in [6.45, 7) is 3.87. The van der Waals surface area contributed by atoms with Crippen molar-refractivity contribution in [3.05, 3.63) is 46.7 Å². The molecule has 1 saturated carbocycles. The smallest absolute Gasteiger partial charge is 0.254 e. The number of aryl methyl sites for hydroxylation is 1. The minimum Gasteiger partial charge on any atom is -0.349 e. The zero-order chi connectivity index (χ0) is 18.1. The minimum absolute atomic E-state index is 0.0637. The van der Waals surface area contributed by atoms with Gasteiger partial charge in [0.05, 0.1) is 28.0 Å². The molecule has 0 atom stereocenters. The van der Waals surface area contributed by atoms with E-state index < -0.39 is 0 Å². The highest BCUT2D eigenvalue weighted by atomic mass is 32.1. The van der Waals surface area contributed by atoms with Crippen LogP contribution in [0.3, 0.4) is 0 Å². The normalized spacial score (nSPS) is 14.7. The summed E-state index contributed by atoms with van der Waals surface area (Å²) in [5.74, 6) is 0.419. The molecule has 1 aliphatic rings. The van der Waals surface area contributed by atoms with Crippen LogP contribution >= 0.6 is 11.3 Å². The molecule has 3 heterocycles. The monoisotopic (exact) mass is 367 g/mol. The fraction of sp³-hybridized carbons (Fsp3) is 0.368. The van der Waals surface area contributed by atoms with Crippen molar-refractivity contribution in [2.24, 2.45) is 0 Å². The predicted molar refractivity (Wildman–Crippen MR) is 102 cm³/mol. The average Bonchev–Trinajstić information content (AvgIpc) is 3.37. The van der Waals surface area contributed by atoms with Crippen LogP contribution in [0.25, 0.3) is 16.5 Å². The predicted octanol–water partition coefficient (Wildman–Crippen LogP) is 3.68. The highest BCUT2D eigenvalue weighted by molar-refractivity contribution is 7.13. The van der Waals surface area contributed by atoms with Crippen molar-refractivity contribution in [1.82, 2.24) is 25.1 Å². The third-order valence-corrected chi connectivity index (χ3v) is 5.72. The van der Waals surface area contributed by atoms with Gasteiger partial charge in [-0.2, -0.15) is 5.10 Å². The standard InChI is InChI=1S/C19H21N5OS/c1-12-10-20-19(23-17(12)16-8-5-9-26-16)24-13(2)15(11-21-24)18(25)22-14-6-3-4-7-14/h5,8-11,14H,3-4,6-7H2,1-2H3,(H,22,25). The molecule has 3 aromatic heterocycles. The molecule has 1 fully saturated rings. The minimum atomic E-state index is -0.0637. The van der Waals surface area contributed by atoms with E-state index in [0.717, 1.165) is 34.7 Å². The molecule has 134 valence electrons. The van der Waals surface area contributed by atoms with Gasteiger partial charge in [-0.25, -0.2) is 14.6 Å². The third kappa shape index (κ3) is 3.14. The fourth-order valence-corrected chi connectivity index (χ4v) is 4.14. The van der Waals surface area contributed by atoms with Crippen molar-refractivity contribution >= 4 is 17.2 Å². The Kier molecular flexibility index (Phi) is 4.55. The van der Waals surface area contributed by atoms with Crippen LogP contribution in [0.2, 0.25) is 0 Å². The number of nitrogens with zero attached hydrogens (tertiary/aromatic N) is 4. The van der Waals surface area contributed by atoms with Gasteiger partial charge in [-0.15, -0.1) is 11.3 Å². The Labute approximate surface area is 156 Å². The average molecular weight is 367 g/mol. The van der Waals surface area contributed by atoms with Crippen molar-refractivity contribution in [2.75, 3.05) is 0 Å². The summed E-state index contributed by atoms with van der Waals surface area (Å²) in [6.07, 6.45) is 7.90. The van der Waals surface area contributed by atoms with Crippen molar-refractivity contribution < 1.29 is 4.79 Å². The van der Waals surface area contributed by atoms with Crippen LogP contribution in [-0.4, -0.2) is 31.7 Å². The molecule has 0 aromatic carbocycles. The summed E-state index contributed by atoms with van der Waals surface area (Å²) in [5, 5.41) is 9.51. The van der Waals surface area contributed by atoms with Gasteiger partial charge in [0.1, 0.15) is 0 Å². The van der Waals surface area contributed by atoms with Crippen LogP contribution in [0.1, 0.15) is 47.3 Å². The molecular formula is C19H21N5OS. The maximum absolute atomic E-state index is 12.6. The van der Waals surface area contributed by atoms with E-state index in [1.54, 1.807) is 28.4 Å². The topological polar surface area (TPSA) is 72.7 Å². The molecule has 26 heavy (non-hydrogen) atoms. The van der Waals surface area contributed by atoms with E-state index in [0.29, 0.717) is 11.5 Å². The number of hydrogen-bond acceptors (Lipinski definition) is 5. The molecule has 1 amide bonds. The number of hydrogen-bond donors (Lipinski definition) is 1. The number of amides is 1. The molecule has 0 spiro atoms. The second-order valence-corrected chi connectivity index (χ2v) is 7.64. The molecule has 0 saturated heterocycles. The van der Waals surface area contributed by atoms with Crippen LogP contribution in [0.5, 0.6) is 0 Å². The van der Waals surface area contributed by atoms with Gasteiger partial charge in [0, 0.05) is 12.2 Å². The van der Waals surface area contributed by atoms with E-state index in [1.165, 1.54) is 12.8 Å². The van der Waals surface area contributed by atoms with E-state index in [4.69, 9.17) is 0 Å². The summed E-state index contributed by atoms with van der Waals surface area (Å²) in [5.41, 5.74) is 3.25. The van der Waals surface area contributed by atoms with Gasteiger partial charge in [-0.1, -0.05) is 18.9 Å². The third-order valence-electron chi connectivity index (χ3n) is 4.85. The summed E-state index contributed by atoms with van der Waals surface area (Å²) in [4.78, 5) is 22.8. The van der Waals surface area contributed by atoms with Crippen molar-refractivity contribution in [2.45, 2.75) is 45.6 Å². The van der Waals surface area contributed by atoms with Crippen molar-refractivity contribution in [3.8, 4) is 16.5 Å². The molecule has 4 rings (SSSR count). The first-order chi connectivity index (χ1) is 12.6. The van der Waals surface area contributed by atoms with Crippen molar-refractivity contribution in [3.63, 3.8) is 0 Å². The van der Waals surface area contributed by atoms with Gasteiger partial charge in [-0.05, 0) is 43.7 Å². The molecule has 1 aliphatic carbocycles. The van der Waals surface area contributed by atoms with Gasteiger partial charge in [-0.3, -0.25) is 4.79 Å². The van der Waals surface area contributed by atoms with Gasteiger partial charge >= 0.3 is 0 Å². The molecule has 0 unspecified atom stereocenters. The van der Waals surface area contributed by atoms with Crippen molar-refractivity contribution in [1.29, 1.82) is 0 Å². The van der Waals surface area contributed by atoms with Crippen LogP contribution < -0.4 is 5.32 Å². The number of nitrogens with one attached hydrogen (secondary N) is 1. The highest BCUT2D eigenvalue weighted by Crippen LogP contribution is 2.26.